The summed E-state index contributed by atoms with van der Waals surface area (Å²) in [5.41, 5.74) is 17.7. The smallest absolute Gasteiger partial charge is 0.326 e. The van der Waals surface area contributed by atoms with E-state index in [4.69, 9.17) is 22.6 Å². The highest BCUT2D eigenvalue weighted by Crippen LogP contribution is 2.13. The lowest BCUT2D eigenvalue weighted by atomic mass is 9.96. The molecule has 0 saturated carbocycles. The van der Waals surface area contributed by atoms with Gasteiger partial charge in [-0.2, -0.15) is 0 Å². The minimum atomic E-state index is -1.86. The molecule has 8 atom stereocenters. The summed E-state index contributed by atoms with van der Waals surface area (Å²) in [4.78, 5) is 117. The molecule has 17 N–H and O–H groups in total. The Morgan fingerprint density at radius 1 is 0.641 bits per heavy atom. The third-order valence-electron chi connectivity index (χ3n) is 9.97. The van der Waals surface area contributed by atoms with Crippen LogP contribution in [-0.2, 0) is 49.6 Å². The fourth-order valence-electron chi connectivity index (χ4n) is 6.29. The van der Waals surface area contributed by atoms with Crippen LogP contribution in [-0.4, -0.2) is 130 Å². The van der Waals surface area contributed by atoms with Gasteiger partial charge in [0.25, 0.3) is 0 Å². The third kappa shape index (κ3) is 21.6. The lowest BCUT2D eigenvalue weighted by Gasteiger charge is -2.29. The van der Waals surface area contributed by atoms with E-state index in [0.29, 0.717) is 12.8 Å². The summed E-state index contributed by atoms with van der Waals surface area (Å²) in [7, 11) is 0. The number of nitrogens with two attached hydrogens (primary N) is 3. The molecule has 0 aromatic heterocycles. The fourth-order valence-corrected chi connectivity index (χ4v) is 6.29. The summed E-state index contributed by atoms with van der Waals surface area (Å²) < 4.78 is 0. The topological polar surface area (TPSA) is 400 Å². The number of carboxylic acids is 3. The molecule has 358 valence electrons. The normalized spacial score (nSPS) is 14.7. The Hall–Kier alpha value is -6.36. The maximum atomic E-state index is 13.9. The zero-order chi connectivity index (χ0) is 48.5. The second-order valence-corrected chi connectivity index (χ2v) is 15.9. The first-order valence-electron chi connectivity index (χ1n) is 21.2. The Labute approximate surface area is 372 Å². The molecule has 0 heterocycles. The Kier molecular flexibility index (Phi) is 25.3. The number of nitrogens with one attached hydrogen (secondary N) is 8. The first-order valence-corrected chi connectivity index (χ1v) is 21.2. The van der Waals surface area contributed by atoms with Crippen molar-refractivity contribution in [2.75, 3.05) is 13.1 Å². The summed E-state index contributed by atoms with van der Waals surface area (Å²) in [6.07, 6.45) is -0.688. The number of benzene rings is 1. The number of hydrogen-bond donors (Lipinski definition) is 14. The molecule has 0 aliphatic rings. The van der Waals surface area contributed by atoms with Crippen LogP contribution in [0, 0.1) is 17.2 Å². The number of carboxylic acid groups (broad SMARTS) is 3. The highest BCUT2D eigenvalue weighted by Gasteiger charge is 2.36. The molecule has 64 heavy (non-hydrogen) atoms. The molecule has 0 unspecified atom stereocenters. The number of rotatable bonds is 31. The van der Waals surface area contributed by atoms with Gasteiger partial charge in [0.05, 0.1) is 18.9 Å². The highest BCUT2D eigenvalue weighted by molar-refractivity contribution is 5.98. The standard InChI is InChI=1S/C41H67N11O12/c1-5-23(4)33(52-38(61)30(21-32(55)56)50-36(59)28(18-22(2)3)49-34(57)25(43)19-24-12-7-6-8-13-24)39(62)51-29(20-31(53)54)37(60)47-26(15-11-17-46-41(44)45)35(58)48-27(40(63)64)14-9-10-16-42/h6-8,12-13,22-23,25-30,33H,5,9-11,14-21,42-43H2,1-4H3,(H,47,60)(H,48,58)(H,49,57)(H,50,59)(H,51,62)(H,52,61)(H,53,54)(H,55,56)(H,63,64)(H4,44,45,46)/t23-,25-,26-,27-,28-,29-,30-,33-/m0/s1. The quantitative estimate of drug-likeness (QED) is 0.0217. The average molecular weight is 906 g/mol. The van der Waals surface area contributed by atoms with Gasteiger partial charge in [0.15, 0.2) is 5.96 Å². The second-order valence-electron chi connectivity index (χ2n) is 15.9. The van der Waals surface area contributed by atoms with Crippen LogP contribution in [0.4, 0.5) is 0 Å². The molecule has 0 radical (unpaired) electrons. The van der Waals surface area contributed by atoms with Gasteiger partial charge >= 0.3 is 17.9 Å². The van der Waals surface area contributed by atoms with Gasteiger partial charge in [-0.15, -0.1) is 0 Å². The Balaban J connectivity index is 3.35. The molecule has 0 fully saturated rings. The monoisotopic (exact) mass is 905 g/mol. The number of carbonyl (C=O) groups excluding carboxylic acids is 6. The predicted molar refractivity (Wildman–Crippen MR) is 233 cm³/mol. The van der Waals surface area contributed by atoms with E-state index in [2.05, 4.69) is 37.2 Å². The molecule has 0 bridgehead atoms. The summed E-state index contributed by atoms with van der Waals surface area (Å²) in [6, 6.07) is -1.39. The van der Waals surface area contributed by atoms with Crippen LogP contribution in [0.3, 0.4) is 0 Å². The molecule has 0 aliphatic heterocycles. The zero-order valence-electron chi connectivity index (χ0n) is 36.8. The highest BCUT2D eigenvalue weighted by atomic mass is 16.4. The number of aliphatic carboxylic acids is 3. The van der Waals surface area contributed by atoms with Gasteiger partial charge < -0.3 is 69.7 Å². The molecule has 1 aromatic rings. The van der Waals surface area contributed by atoms with Gasteiger partial charge in [-0.3, -0.25) is 43.8 Å². The second kappa shape index (κ2) is 29.1. The number of guanidine groups is 1. The van der Waals surface area contributed by atoms with Crippen LogP contribution >= 0.6 is 0 Å². The van der Waals surface area contributed by atoms with E-state index in [-0.39, 0.29) is 63.5 Å². The Morgan fingerprint density at radius 3 is 1.64 bits per heavy atom. The van der Waals surface area contributed by atoms with Crippen LogP contribution in [0.2, 0.25) is 0 Å². The number of unbranched alkanes of at least 4 members (excludes halogenated alkanes) is 1. The summed E-state index contributed by atoms with van der Waals surface area (Å²) in [5.74, 6) is -11.5. The Bertz CT molecular complexity index is 1750. The van der Waals surface area contributed by atoms with E-state index >= 15 is 0 Å². The predicted octanol–water partition coefficient (Wildman–Crippen LogP) is -2.02. The number of carbonyl (C=O) groups is 9. The van der Waals surface area contributed by atoms with Gasteiger partial charge in [-0.05, 0) is 68.9 Å². The van der Waals surface area contributed by atoms with Crippen molar-refractivity contribution in [2.24, 2.45) is 29.0 Å². The van der Waals surface area contributed by atoms with E-state index in [9.17, 15) is 58.5 Å². The average Bonchev–Trinajstić information content (AvgIpc) is 3.21. The van der Waals surface area contributed by atoms with Crippen LogP contribution in [0.15, 0.2) is 30.3 Å². The van der Waals surface area contributed by atoms with Crippen LogP contribution in [0.1, 0.15) is 91.0 Å². The van der Waals surface area contributed by atoms with E-state index in [1.54, 1.807) is 51.1 Å². The van der Waals surface area contributed by atoms with Crippen molar-refractivity contribution in [2.45, 2.75) is 134 Å². The van der Waals surface area contributed by atoms with Gasteiger partial charge in [-0.1, -0.05) is 64.4 Å². The van der Waals surface area contributed by atoms with Gasteiger partial charge in [0, 0.05) is 6.54 Å². The minimum Gasteiger partial charge on any atom is -0.481 e. The van der Waals surface area contributed by atoms with Crippen molar-refractivity contribution in [1.82, 2.24) is 37.2 Å². The van der Waals surface area contributed by atoms with E-state index in [1.165, 1.54) is 6.92 Å². The van der Waals surface area contributed by atoms with Crippen molar-refractivity contribution in [1.29, 1.82) is 5.41 Å². The molecule has 23 heteroatoms. The van der Waals surface area contributed by atoms with Crippen molar-refractivity contribution in [3.05, 3.63) is 35.9 Å². The van der Waals surface area contributed by atoms with Crippen LogP contribution < -0.4 is 54.4 Å². The van der Waals surface area contributed by atoms with Gasteiger partial charge in [-0.25, -0.2) is 4.79 Å². The maximum absolute atomic E-state index is 13.9. The van der Waals surface area contributed by atoms with Crippen molar-refractivity contribution < 1.29 is 58.5 Å². The number of hydrogen-bond acceptors (Lipinski definition) is 12. The number of amides is 6. The largest absolute Gasteiger partial charge is 0.481 e. The Morgan fingerprint density at radius 2 is 1.12 bits per heavy atom. The minimum absolute atomic E-state index is 0.0151. The molecule has 23 nitrogen and oxygen atoms in total. The van der Waals surface area contributed by atoms with E-state index < -0.39 is 114 Å². The molecule has 0 saturated heterocycles. The van der Waals surface area contributed by atoms with Crippen molar-refractivity contribution >= 4 is 59.3 Å². The first kappa shape index (κ1) is 55.7. The van der Waals surface area contributed by atoms with Crippen LogP contribution in [0.5, 0.6) is 0 Å². The summed E-state index contributed by atoms with van der Waals surface area (Å²) in [6.45, 7) is 7.09. The first-order chi connectivity index (χ1) is 30.1. The molecule has 0 spiro atoms. The molecule has 1 aromatic carbocycles. The molecular weight excluding hydrogens is 839 g/mol. The molecule has 6 amide bonds. The van der Waals surface area contributed by atoms with E-state index in [1.807, 2.05) is 0 Å². The summed E-state index contributed by atoms with van der Waals surface area (Å²) in [5, 5.41) is 53.4. The van der Waals surface area contributed by atoms with Crippen molar-refractivity contribution in [3.63, 3.8) is 0 Å². The zero-order valence-corrected chi connectivity index (χ0v) is 36.8. The van der Waals surface area contributed by atoms with Gasteiger partial charge in [0.1, 0.15) is 36.3 Å². The van der Waals surface area contributed by atoms with E-state index in [0.717, 1.165) is 5.56 Å². The molecule has 1 rings (SSSR count). The van der Waals surface area contributed by atoms with Crippen molar-refractivity contribution in [3.8, 4) is 0 Å². The lowest BCUT2D eigenvalue weighted by molar-refractivity contribution is -0.143. The fraction of sp³-hybridized carbons (Fsp3) is 0.610. The van der Waals surface area contributed by atoms with Gasteiger partial charge in [0.2, 0.25) is 35.4 Å². The SMILES string of the molecule is CC[C@H](C)[C@H](NC(=O)[C@H](CC(=O)O)NC(=O)[C@H](CC(C)C)NC(=O)[C@@H](N)Cc1ccccc1)C(=O)N[C@@H](CC(=O)O)C(=O)N[C@@H](CCCNC(=N)N)C(=O)N[C@@H](CCCCN)C(=O)O. The third-order valence-corrected chi connectivity index (χ3v) is 9.97. The lowest BCUT2D eigenvalue weighted by Crippen LogP contribution is -2.61. The molecule has 0 aliphatic carbocycles. The molecular formula is C41H67N11O12. The summed E-state index contributed by atoms with van der Waals surface area (Å²) >= 11 is 0. The van der Waals surface area contributed by atoms with Crippen LogP contribution in [0.25, 0.3) is 0 Å². The maximum Gasteiger partial charge on any atom is 0.326 e.